The van der Waals surface area contributed by atoms with E-state index in [-0.39, 0.29) is 35.5 Å². The Kier molecular flexibility index (Phi) is 4.98. The summed E-state index contributed by atoms with van der Waals surface area (Å²) in [6.07, 6.45) is 5.38. The average molecular weight is 437 g/mol. The molecule has 1 unspecified atom stereocenters. The maximum atomic E-state index is 13.4. The zero-order valence-electron chi connectivity index (χ0n) is 18.5. The molecule has 0 aromatic carbocycles. The Morgan fingerprint density at radius 2 is 1.84 bits per heavy atom. The van der Waals surface area contributed by atoms with Crippen molar-refractivity contribution in [3.8, 4) is 0 Å². The number of nitrogens with one attached hydrogen (secondary N) is 1. The molecule has 3 amide bonds. The lowest BCUT2D eigenvalue weighted by molar-refractivity contribution is 0.0732. The van der Waals surface area contributed by atoms with E-state index in [0.717, 1.165) is 24.4 Å². The van der Waals surface area contributed by atoms with Crippen LogP contribution in [0.1, 0.15) is 54.1 Å². The number of carbonyl (C=O) groups excluding carboxylic acids is 2. The molecule has 2 aromatic heterocycles. The lowest BCUT2D eigenvalue weighted by Gasteiger charge is -2.30. The summed E-state index contributed by atoms with van der Waals surface area (Å²) in [5, 5.41) is 2.96. The number of urea groups is 1. The zero-order chi connectivity index (χ0) is 22.5. The van der Waals surface area contributed by atoms with E-state index in [0.29, 0.717) is 43.7 Å². The van der Waals surface area contributed by atoms with Gasteiger partial charge in [-0.1, -0.05) is 0 Å². The molecule has 0 aliphatic carbocycles. The number of pyridine rings is 1. The second kappa shape index (κ2) is 7.72. The molecule has 0 radical (unpaired) electrons. The summed E-state index contributed by atoms with van der Waals surface area (Å²) in [5.41, 5.74) is 1.69. The average Bonchev–Trinajstić information content (AvgIpc) is 3.38. The minimum atomic E-state index is -0.257. The third-order valence-electron chi connectivity index (χ3n) is 6.87. The maximum absolute atomic E-state index is 13.4. The second-order valence-electron chi connectivity index (χ2n) is 9.34. The summed E-state index contributed by atoms with van der Waals surface area (Å²) in [6.45, 7) is 6.56. The van der Waals surface area contributed by atoms with E-state index in [1.54, 1.807) is 34.0 Å². The van der Waals surface area contributed by atoms with Crippen molar-refractivity contribution in [1.29, 1.82) is 0 Å². The van der Waals surface area contributed by atoms with Crippen molar-refractivity contribution in [3.63, 3.8) is 0 Å². The molecule has 1 fully saturated rings. The van der Waals surface area contributed by atoms with Gasteiger partial charge in [0.15, 0.2) is 0 Å². The fourth-order valence-electron chi connectivity index (χ4n) is 5.19. The number of amides is 3. The molecule has 0 saturated carbocycles. The van der Waals surface area contributed by atoms with Crippen LogP contribution in [0, 0.1) is 0 Å². The van der Waals surface area contributed by atoms with Crippen molar-refractivity contribution in [3.05, 3.63) is 57.5 Å². The fraction of sp³-hybridized carbons (Fsp3) is 0.522. The summed E-state index contributed by atoms with van der Waals surface area (Å²) >= 11 is 0. The predicted octanol–water partition coefficient (Wildman–Crippen LogP) is 1.30. The standard InChI is InChI=1S/C23H28N6O3/c1-15(2)25-22(32)28-11-6-23(14-28)7-12-29-20(31)17-13-27(10-5-18(17)26-21(23)29)19(30)16-3-8-24-9-4-16/h3-4,8-9,15H,5-7,10-14H2,1-2H3,(H,25,32). The Bertz CT molecular complexity index is 1130. The highest BCUT2D eigenvalue weighted by Crippen LogP contribution is 2.41. The van der Waals surface area contributed by atoms with Crippen molar-refractivity contribution in [1.82, 2.24) is 29.7 Å². The van der Waals surface area contributed by atoms with Crippen molar-refractivity contribution in [2.24, 2.45) is 0 Å². The van der Waals surface area contributed by atoms with E-state index in [1.807, 2.05) is 18.7 Å². The largest absolute Gasteiger partial charge is 0.336 e. The SMILES string of the molecule is CC(C)NC(=O)N1CCC2(CCn3c2nc2c(c3=O)CN(C(=O)c3ccncc3)CC2)C1. The molecule has 32 heavy (non-hydrogen) atoms. The Morgan fingerprint density at radius 3 is 2.59 bits per heavy atom. The van der Waals surface area contributed by atoms with Crippen LogP contribution in [-0.2, 0) is 24.9 Å². The van der Waals surface area contributed by atoms with Crippen LogP contribution in [0.5, 0.6) is 0 Å². The summed E-state index contributed by atoms with van der Waals surface area (Å²) in [5.74, 6) is 0.719. The molecule has 5 heterocycles. The molecule has 1 saturated heterocycles. The van der Waals surface area contributed by atoms with Gasteiger partial charge in [0, 0.05) is 62.0 Å². The lowest BCUT2D eigenvalue weighted by atomic mass is 9.85. The molecule has 1 spiro atoms. The normalized spacial score (nSPS) is 21.7. The van der Waals surface area contributed by atoms with E-state index in [2.05, 4.69) is 10.3 Å². The number of hydrogen-bond acceptors (Lipinski definition) is 5. The number of likely N-dealkylation sites (tertiary alicyclic amines) is 1. The smallest absolute Gasteiger partial charge is 0.317 e. The number of hydrogen-bond donors (Lipinski definition) is 1. The number of carbonyl (C=O) groups is 2. The molecule has 9 nitrogen and oxygen atoms in total. The summed E-state index contributed by atoms with van der Waals surface area (Å²) in [7, 11) is 0. The summed E-state index contributed by atoms with van der Waals surface area (Å²) in [6, 6.07) is 3.41. The van der Waals surface area contributed by atoms with Crippen LogP contribution in [0.3, 0.4) is 0 Å². The lowest BCUT2D eigenvalue weighted by Crippen LogP contribution is -2.44. The van der Waals surface area contributed by atoms with Gasteiger partial charge in [-0.2, -0.15) is 0 Å². The minimum absolute atomic E-state index is 0.0424. The first-order valence-electron chi connectivity index (χ1n) is 11.3. The quantitative estimate of drug-likeness (QED) is 0.765. The number of rotatable bonds is 2. The number of nitrogens with zero attached hydrogens (tertiary/aromatic N) is 5. The molecular weight excluding hydrogens is 408 g/mol. The second-order valence-corrected chi connectivity index (χ2v) is 9.34. The van der Waals surface area contributed by atoms with E-state index in [1.165, 1.54) is 0 Å². The number of fused-ring (bicyclic) bond motifs is 3. The fourth-order valence-corrected chi connectivity index (χ4v) is 5.19. The predicted molar refractivity (Wildman–Crippen MR) is 117 cm³/mol. The van der Waals surface area contributed by atoms with Gasteiger partial charge in [0.25, 0.3) is 11.5 Å². The van der Waals surface area contributed by atoms with Crippen LogP contribution in [0.15, 0.2) is 29.3 Å². The Balaban J connectivity index is 1.41. The first-order valence-corrected chi connectivity index (χ1v) is 11.3. The molecule has 9 heteroatoms. The van der Waals surface area contributed by atoms with Crippen molar-refractivity contribution < 1.29 is 9.59 Å². The Labute approximate surface area is 186 Å². The van der Waals surface area contributed by atoms with Crippen LogP contribution in [0.2, 0.25) is 0 Å². The highest BCUT2D eigenvalue weighted by Gasteiger charge is 2.48. The van der Waals surface area contributed by atoms with Gasteiger partial charge in [-0.15, -0.1) is 0 Å². The molecule has 3 aliphatic rings. The third-order valence-corrected chi connectivity index (χ3v) is 6.87. The monoisotopic (exact) mass is 436 g/mol. The first kappa shape index (κ1) is 20.7. The topological polar surface area (TPSA) is 100 Å². The molecule has 5 rings (SSSR count). The molecule has 0 bridgehead atoms. The van der Waals surface area contributed by atoms with Crippen LogP contribution in [0.4, 0.5) is 4.79 Å². The van der Waals surface area contributed by atoms with E-state index in [4.69, 9.17) is 4.98 Å². The Morgan fingerprint density at radius 1 is 1.09 bits per heavy atom. The third kappa shape index (κ3) is 3.36. The molecule has 2 aromatic rings. The van der Waals surface area contributed by atoms with Gasteiger partial charge in [0.1, 0.15) is 5.82 Å². The summed E-state index contributed by atoms with van der Waals surface area (Å²) in [4.78, 5) is 51.3. The number of aromatic nitrogens is 3. The van der Waals surface area contributed by atoms with Crippen molar-refractivity contribution >= 4 is 11.9 Å². The van der Waals surface area contributed by atoms with Crippen molar-refractivity contribution in [2.45, 2.75) is 57.7 Å². The van der Waals surface area contributed by atoms with Crippen molar-refractivity contribution in [2.75, 3.05) is 19.6 Å². The molecule has 1 N–H and O–H groups in total. The maximum Gasteiger partial charge on any atom is 0.317 e. The van der Waals surface area contributed by atoms with Gasteiger partial charge in [-0.25, -0.2) is 9.78 Å². The molecule has 1 atom stereocenters. The molecule has 168 valence electrons. The van der Waals surface area contributed by atoms with Crippen LogP contribution in [0.25, 0.3) is 0 Å². The highest BCUT2D eigenvalue weighted by atomic mass is 16.2. The molecular formula is C23H28N6O3. The van der Waals surface area contributed by atoms with Gasteiger partial charge < -0.3 is 15.1 Å². The van der Waals surface area contributed by atoms with Crippen LogP contribution < -0.4 is 10.9 Å². The van der Waals surface area contributed by atoms with Gasteiger partial charge in [0.2, 0.25) is 0 Å². The van der Waals surface area contributed by atoms with E-state index < -0.39 is 0 Å². The van der Waals surface area contributed by atoms with Gasteiger partial charge >= 0.3 is 6.03 Å². The van der Waals surface area contributed by atoms with Crippen LogP contribution >= 0.6 is 0 Å². The first-order chi connectivity index (χ1) is 15.4. The Hall–Kier alpha value is -3.23. The minimum Gasteiger partial charge on any atom is -0.336 e. The van der Waals surface area contributed by atoms with Crippen LogP contribution in [-0.4, -0.2) is 61.9 Å². The summed E-state index contributed by atoms with van der Waals surface area (Å²) < 4.78 is 1.78. The highest BCUT2D eigenvalue weighted by molar-refractivity contribution is 5.94. The zero-order valence-corrected chi connectivity index (χ0v) is 18.5. The van der Waals surface area contributed by atoms with E-state index >= 15 is 0 Å². The van der Waals surface area contributed by atoms with Gasteiger partial charge in [-0.05, 0) is 38.8 Å². The molecule has 3 aliphatic heterocycles. The van der Waals surface area contributed by atoms with Gasteiger partial charge in [0.05, 0.1) is 17.8 Å². The van der Waals surface area contributed by atoms with Gasteiger partial charge in [-0.3, -0.25) is 19.1 Å². The van der Waals surface area contributed by atoms with E-state index in [9.17, 15) is 14.4 Å².